The van der Waals surface area contributed by atoms with Crippen LogP contribution >= 0.6 is 34.7 Å². The molecule has 0 spiro atoms. The van der Waals surface area contributed by atoms with Crippen LogP contribution in [0.3, 0.4) is 0 Å². The smallest absolute Gasteiger partial charge is 0.268 e. The highest BCUT2D eigenvalue weighted by Crippen LogP contribution is 2.36. The molecular formula is C24H19ClFN5OS2. The maximum absolute atomic E-state index is 13.9. The lowest BCUT2D eigenvalue weighted by atomic mass is 10.1. The van der Waals surface area contributed by atoms with Crippen molar-refractivity contribution in [2.24, 2.45) is 0 Å². The lowest BCUT2D eigenvalue weighted by Gasteiger charge is -2.21. The Kier molecular flexibility index (Phi) is 5.44. The third kappa shape index (κ3) is 3.63. The Morgan fingerprint density at radius 2 is 2.00 bits per heavy atom. The fourth-order valence-electron chi connectivity index (χ4n) is 4.35. The van der Waals surface area contributed by atoms with E-state index in [0.717, 1.165) is 40.9 Å². The molecule has 0 saturated heterocycles. The fourth-order valence-corrected chi connectivity index (χ4v) is 6.90. The number of nitrogens with zero attached hydrogens (tertiary/aromatic N) is 5. The van der Waals surface area contributed by atoms with Crippen LogP contribution in [0.4, 0.5) is 4.39 Å². The van der Waals surface area contributed by atoms with Crippen molar-refractivity contribution in [3.05, 3.63) is 85.7 Å². The highest BCUT2D eigenvalue weighted by Gasteiger charge is 2.26. The average molecular weight is 512 g/mol. The highest BCUT2D eigenvalue weighted by molar-refractivity contribution is 7.98. The third-order valence-corrected chi connectivity index (χ3v) is 8.45. The van der Waals surface area contributed by atoms with E-state index in [2.05, 4.69) is 22.1 Å². The molecule has 0 saturated carbocycles. The molecule has 0 N–H and O–H groups in total. The van der Waals surface area contributed by atoms with E-state index in [1.165, 1.54) is 28.8 Å². The molecule has 0 fully saturated rings. The molecule has 4 heterocycles. The lowest BCUT2D eigenvalue weighted by molar-refractivity contribution is 0.318. The van der Waals surface area contributed by atoms with E-state index in [4.69, 9.17) is 11.6 Å². The molecule has 6 nitrogen and oxygen atoms in total. The molecule has 10 heteroatoms. The van der Waals surface area contributed by atoms with Gasteiger partial charge in [-0.25, -0.2) is 13.4 Å². The summed E-state index contributed by atoms with van der Waals surface area (Å²) in [4.78, 5) is 18.2. The first-order valence-electron chi connectivity index (χ1n) is 10.8. The zero-order valence-electron chi connectivity index (χ0n) is 18.2. The van der Waals surface area contributed by atoms with Gasteiger partial charge in [-0.2, -0.15) is 0 Å². The molecule has 0 amide bonds. The van der Waals surface area contributed by atoms with E-state index in [-0.39, 0.29) is 11.4 Å². The van der Waals surface area contributed by atoms with Crippen LogP contribution in [-0.4, -0.2) is 37.7 Å². The van der Waals surface area contributed by atoms with Crippen molar-refractivity contribution in [2.45, 2.75) is 23.9 Å². The summed E-state index contributed by atoms with van der Waals surface area (Å²) >= 11 is 9.42. The summed E-state index contributed by atoms with van der Waals surface area (Å²) in [5.74, 6) is 0.795. The van der Waals surface area contributed by atoms with E-state index in [0.29, 0.717) is 27.4 Å². The Morgan fingerprint density at radius 1 is 1.18 bits per heavy atom. The first-order chi connectivity index (χ1) is 16.5. The van der Waals surface area contributed by atoms with Gasteiger partial charge in [-0.15, -0.1) is 21.5 Å². The zero-order chi connectivity index (χ0) is 23.4. The molecular weight excluding hydrogens is 493 g/mol. The van der Waals surface area contributed by atoms with Crippen LogP contribution in [-0.2, 0) is 18.7 Å². The molecule has 1 aliphatic heterocycles. The van der Waals surface area contributed by atoms with Crippen LogP contribution in [0.15, 0.2) is 58.5 Å². The van der Waals surface area contributed by atoms with Gasteiger partial charge >= 0.3 is 0 Å². The van der Waals surface area contributed by atoms with Crippen molar-refractivity contribution in [1.82, 2.24) is 24.1 Å². The van der Waals surface area contributed by atoms with Crippen molar-refractivity contribution >= 4 is 50.7 Å². The van der Waals surface area contributed by atoms with Gasteiger partial charge in [-0.1, -0.05) is 41.6 Å². The molecule has 6 rings (SSSR count). The fraction of sp³-hybridized carbons (Fsp3) is 0.208. The summed E-state index contributed by atoms with van der Waals surface area (Å²) < 4.78 is 16.9. The van der Waals surface area contributed by atoms with Gasteiger partial charge in [0.1, 0.15) is 10.6 Å². The number of rotatable bonds is 4. The Bertz CT molecular complexity index is 1610. The van der Waals surface area contributed by atoms with Crippen LogP contribution < -0.4 is 5.56 Å². The molecule has 0 radical (unpaired) electrons. The predicted octanol–water partition coefficient (Wildman–Crippen LogP) is 5.17. The van der Waals surface area contributed by atoms with Gasteiger partial charge in [-0.05, 0) is 54.9 Å². The molecule has 0 bridgehead atoms. The molecule has 0 atom stereocenters. The molecule has 1 aliphatic rings. The quantitative estimate of drug-likeness (QED) is 0.312. The summed E-state index contributed by atoms with van der Waals surface area (Å²) in [7, 11) is 2.09. The Labute approximate surface area is 207 Å². The van der Waals surface area contributed by atoms with Gasteiger partial charge < -0.3 is 4.90 Å². The topological polar surface area (TPSA) is 55.4 Å². The lowest BCUT2D eigenvalue weighted by Crippen LogP contribution is -2.27. The van der Waals surface area contributed by atoms with Crippen molar-refractivity contribution in [3.63, 3.8) is 0 Å². The Morgan fingerprint density at radius 3 is 2.79 bits per heavy atom. The van der Waals surface area contributed by atoms with E-state index in [9.17, 15) is 9.18 Å². The zero-order valence-corrected chi connectivity index (χ0v) is 20.6. The van der Waals surface area contributed by atoms with Crippen LogP contribution in [0.2, 0.25) is 5.02 Å². The SMILES string of the molecule is CN1CCc2c(sc3c2c(=O)n(-c2cccc(Cl)c2)c2nnc(SCc4ccc(F)cc4)n32)C1. The minimum atomic E-state index is -0.261. The normalized spacial score (nSPS) is 14.2. The van der Waals surface area contributed by atoms with Gasteiger partial charge in [0.2, 0.25) is 5.78 Å². The molecule has 3 aromatic heterocycles. The molecule has 0 aliphatic carbocycles. The van der Waals surface area contributed by atoms with Gasteiger partial charge in [0, 0.05) is 28.7 Å². The van der Waals surface area contributed by atoms with Crippen LogP contribution in [0.25, 0.3) is 21.7 Å². The van der Waals surface area contributed by atoms with Crippen molar-refractivity contribution < 1.29 is 4.39 Å². The minimum Gasteiger partial charge on any atom is -0.301 e. The second-order valence-corrected chi connectivity index (χ2v) is 10.8. The summed E-state index contributed by atoms with van der Waals surface area (Å²) in [6.45, 7) is 1.72. The number of aromatic nitrogens is 4. The molecule has 5 aromatic rings. The number of fused-ring (bicyclic) bond motifs is 5. The Balaban J connectivity index is 1.59. The first kappa shape index (κ1) is 21.8. The summed E-state index contributed by atoms with van der Waals surface area (Å²) in [6.07, 6.45) is 0.822. The van der Waals surface area contributed by atoms with Crippen molar-refractivity contribution in [3.8, 4) is 5.69 Å². The van der Waals surface area contributed by atoms with E-state index < -0.39 is 0 Å². The van der Waals surface area contributed by atoms with Crippen molar-refractivity contribution in [2.75, 3.05) is 13.6 Å². The minimum absolute atomic E-state index is 0.102. The summed E-state index contributed by atoms with van der Waals surface area (Å²) in [6, 6.07) is 13.7. The first-order valence-corrected chi connectivity index (χ1v) is 12.9. The molecule has 0 unspecified atom stereocenters. The molecule has 2 aromatic carbocycles. The Hall–Kier alpha value is -2.72. The standard InChI is InChI=1S/C24H19ClFN5OS2/c1-29-10-9-18-19(12-29)34-22-20(18)21(32)30(17-4-2-3-15(25)11-17)23-27-28-24(31(22)23)33-13-14-5-7-16(26)8-6-14/h2-8,11H,9-10,12-13H2,1H3. The van der Waals surface area contributed by atoms with Gasteiger partial charge in [0.25, 0.3) is 5.56 Å². The van der Waals surface area contributed by atoms with Crippen molar-refractivity contribution in [1.29, 1.82) is 0 Å². The number of hydrogen-bond acceptors (Lipinski definition) is 6. The van der Waals surface area contributed by atoms with Crippen LogP contribution in [0, 0.1) is 5.82 Å². The van der Waals surface area contributed by atoms with E-state index in [1.807, 2.05) is 16.5 Å². The van der Waals surface area contributed by atoms with Gasteiger partial charge in [0.05, 0.1) is 11.1 Å². The average Bonchev–Trinajstić information content (AvgIpc) is 3.40. The molecule has 34 heavy (non-hydrogen) atoms. The summed E-state index contributed by atoms with van der Waals surface area (Å²) in [5, 5.41) is 10.8. The number of thiophene rings is 1. The maximum atomic E-state index is 13.9. The largest absolute Gasteiger partial charge is 0.301 e. The monoisotopic (exact) mass is 511 g/mol. The maximum Gasteiger partial charge on any atom is 0.268 e. The van der Waals surface area contributed by atoms with E-state index >= 15 is 0 Å². The third-order valence-electron chi connectivity index (χ3n) is 6.01. The molecule has 172 valence electrons. The predicted molar refractivity (Wildman–Crippen MR) is 135 cm³/mol. The number of halogens is 2. The van der Waals surface area contributed by atoms with Gasteiger partial charge in [0.15, 0.2) is 5.16 Å². The number of hydrogen-bond donors (Lipinski definition) is 0. The number of likely N-dealkylation sites (N-methyl/N-ethyl adjacent to an activating group) is 1. The number of thioether (sulfide) groups is 1. The summed E-state index contributed by atoms with van der Waals surface area (Å²) in [5.41, 5.74) is 2.65. The second kappa shape index (κ2) is 8.49. The highest BCUT2D eigenvalue weighted by atomic mass is 35.5. The van der Waals surface area contributed by atoms with Crippen LogP contribution in [0.1, 0.15) is 16.0 Å². The second-order valence-electron chi connectivity index (χ2n) is 8.33. The van der Waals surface area contributed by atoms with E-state index in [1.54, 1.807) is 40.2 Å². The van der Waals surface area contributed by atoms with Crippen LogP contribution in [0.5, 0.6) is 0 Å². The van der Waals surface area contributed by atoms with Gasteiger partial charge in [-0.3, -0.25) is 4.79 Å². The number of benzene rings is 2.